The molecule has 108 valence electrons. The predicted octanol–water partition coefficient (Wildman–Crippen LogP) is 3.43. The van der Waals surface area contributed by atoms with Crippen molar-refractivity contribution in [2.75, 3.05) is 6.54 Å². The van der Waals surface area contributed by atoms with Crippen molar-refractivity contribution in [2.45, 2.75) is 33.2 Å². The molecule has 1 unspecified atom stereocenters. The molecular weight excluding hydrogens is 279 g/mol. The molecule has 0 saturated heterocycles. The molecule has 2 aromatic rings. The van der Waals surface area contributed by atoms with Crippen molar-refractivity contribution < 1.29 is 4.39 Å². The Hall–Kier alpha value is -1.46. The van der Waals surface area contributed by atoms with Crippen molar-refractivity contribution in [3.05, 3.63) is 40.4 Å². The Morgan fingerprint density at radius 2 is 2.20 bits per heavy atom. The highest BCUT2D eigenvalue weighted by Crippen LogP contribution is 2.24. The van der Waals surface area contributed by atoms with Crippen molar-refractivity contribution in [2.24, 2.45) is 0 Å². The summed E-state index contributed by atoms with van der Waals surface area (Å²) in [4.78, 5) is 0. The molecule has 0 fully saturated rings. The van der Waals surface area contributed by atoms with Crippen LogP contribution in [0.15, 0.2) is 18.2 Å². The first-order valence-electron chi connectivity index (χ1n) is 6.65. The molecule has 1 N–H and O–H groups in total. The Balaban J connectivity index is 2.33. The van der Waals surface area contributed by atoms with Crippen LogP contribution in [-0.4, -0.2) is 21.5 Å². The second-order valence-electron chi connectivity index (χ2n) is 4.74. The van der Waals surface area contributed by atoms with E-state index in [0.717, 1.165) is 24.4 Å². The Morgan fingerprint density at radius 1 is 1.45 bits per heavy atom. The van der Waals surface area contributed by atoms with E-state index in [1.54, 1.807) is 10.7 Å². The molecule has 0 saturated carbocycles. The summed E-state index contributed by atoms with van der Waals surface area (Å²) in [6, 6.07) is 4.35. The molecule has 1 heterocycles. The van der Waals surface area contributed by atoms with Gasteiger partial charge in [-0.2, -0.15) is 0 Å². The van der Waals surface area contributed by atoms with Gasteiger partial charge in [0.1, 0.15) is 11.5 Å². The quantitative estimate of drug-likeness (QED) is 0.919. The zero-order valence-electron chi connectivity index (χ0n) is 11.8. The normalized spacial score (nSPS) is 12.7. The van der Waals surface area contributed by atoms with Gasteiger partial charge >= 0.3 is 0 Å². The van der Waals surface area contributed by atoms with Gasteiger partial charge in [0.2, 0.25) is 0 Å². The van der Waals surface area contributed by atoms with Gasteiger partial charge in [-0.1, -0.05) is 23.7 Å². The van der Waals surface area contributed by atoms with Crippen LogP contribution >= 0.6 is 11.6 Å². The molecule has 0 aliphatic heterocycles. The molecule has 4 nitrogen and oxygen atoms in total. The highest BCUT2D eigenvalue weighted by atomic mass is 35.5. The van der Waals surface area contributed by atoms with Crippen LogP contribution < -0.4 is 5.32 Å². The summed E-state index contributed by atoms with van der Waals surface area (Å²) in [6.07, 6.45) is 1.06. The number of aromatic nitrogens is 3. The van der Waals surface area contributed by atoms with E-state index in [4.69, 9.17) is 11.6 Å². The third-order valence-corrected chi connectivity index (χ3v) is 3.48. The van der Waals surface area contributed by atoms with Crippen molar-refractivity contribution in [1.82, 2.24) is 20.3 Å². The van der Waals surface area contributed by atoms with Gasteiger partial charge < -0.3 is 5.32 Å². The van der Waals surface area contributed by atoms with Crippen LogP contribution in [0, 0.1) is 12.7 Å². The Morgan fingerprint density at radius 3 is 2.85 bits per heavy atom. The number of halogens is 2. The fourth-order valence-corrected chi connectivity index (χ4v) is 2.33. The first-order valence-corrected chi connectivity index (χ1v) is 7.03. The van der Waals surface area contributed by atoms with Gasteiger partial charge in [-0.25, -0.2) is 9.07 Å². The minimum atomic E-state index is -0.366. The largest absolute Gasteiger partial charge is 0.309 e. The van der Waals surface area contributed by atoms with Gasteiger partial charge in [0.15, 0.2) is 0 Å². The van der Waals surface area contributed by atoms with E-state index in [-0.39, 0.29) is 11.9 Å². The van der Waals surface area contributed by atoms with E-state index in [1.807, 2.05) is 13.8 Å². The number of rotatable bonds is 5. The lowest BCUT2D eigenvalue weighted by Gasteiger charge is -2.11. The zero-order valence-corrected chi connectivity index (χ0v) is 12.6. The summed E-state index contributed by atoms with van der Waals surface area (Å²) >= 11 is 6.06. The van der Waals surface area contributed by atoms with E-state index in [2.05, 4.69) is 22.6 Å². The lowest BCUT2D eigenvalue weighted by Crippen LogP contribution is -2.20. The van der Waals surface area contributed by atoms with E-state index in [0.29, 0.717) is 10.7 Å². The molecule has 0 aliphatic rings. The topological polar surface area (TPSA) is 42.7 Å². The molecule has 0 aliphatic carbocycles. The van der Waals surface area contributed by atoms with Gasteiger partial charge in [0, 0.05) is 0 Å². The maximum atomic E-state index is 13.1. The molecule has 20 heavy (non-hydrogen) atoms. The van der Waals surface area contributed by atoms with Crippen LogP contribution in [0.25, 0.3) is 5.69 Å². The average molecular weight is 297 g/mol. The van der Waals surface area contributed by atoms with E-state index >= 15 is 0 Å². The molecule has 0 spiro atoms. The van der Waals surface area contributed by atoms with Crippen LogP contribution in [0.1, 0.15) is 37.7 Å². The summed E-state index contributed by atoms with van der Waals surface area (Å²) in [7, 11) is 0. The fourth-order valence-electron chi connectivity index (χ4n) is 2.08. The minimum Gasteiger partial charge on any atom is -0.309 e. The van der Waals surface area contributed by atoms with Gasteiger partial charge in [0.05, 0.1) is 22.4 Å². The Labute approximate surface area is 122 Å². The third-order valence-electron chi connectivity index (χ3n) is 3.18. The second-order valence-corrected chi connectivity index (χ2v) is 5.15. The highest BCUT2D eigenvalue weighted by Gasteiger charge is 2.17. The average Bonchev–Trinajstić information content (AvgIpc) is 2.78. The molecule has 1 atom stereocenters. The summed E-state index contributed by atoms with van der Waals surface area (Å²) in [5.41, 5.74) is 2.40. The fraction of sp³-hybridized carbons (Fsp3) is 0.429. The first-order chi connectivity index (χ1) is 9.54. The lowest BCUT2D eigenvalue weighted by molar-refractivity contribution is 0.555. The van der Waals surface area contributed by atoms with Gasteiger partial charge in [-0.05, 0) is 45.0 Å². The first kappa shape index (κ1) is 14.9. The highest BCUT2D eigenvalue weighted by molar-refractivity contribution is 6.32. The molecule has 1 aromatic carbocycles. The van der Waals surface area contributed by atoms with Gasteiger partial charge in [-0.3, -0.25) is 0 Å². The summed E-state index contributed by atoms with van der Waals surface area (Å²) in [5, 5.41) is 12.0. The molecule has 2 rings (SSSR count). The standard InChI is InChI=1S/C14H18ClFN4/c1-4-7-17-9(2)14-10(3)20(19-18-14)13-6-5-11(16)8-12(13)15/h5-6,8-9,17H,4,7H2,1-3H3. The summed E-state index contributed by atoms with van der Waals surface area (Å²) in [5.74, 6) is -0.366. The molecule has 0 radical (unpaired) electrons. The zero-order chi connectivity index (χ0) is 14.7. The Kier molecular flexibility index (Phi) is 4.73. The molecule has 6 heteroatoms. The van der Waals surface area contributed by atoms with Gasteiger partial charge in [-0.15, -0.1) is 5.10 Å². The number of nitrogens with zero attached hydrogens (tertiary/aromatic N) is 3. The number of hydrogen-bond acceptors (Lipinski definition) is 3. The van der Waals surface area contributed by atoms with E-state index in [9.17, 15) is 4.39 Å². The second kappa shape index (κ2) is 6.33. The van der Waals surface area contributed by atoms with Crippen LogP contribution in [0.5, 0.6) is 0 Å². The number of hydrogen-bond donors (Lipinski definition) is 1. The molecule has 0 amide bonds. The molecule has 1 aromatic heterocycles. The smallest absolute Gasteiger partial charge is 0.124 e. The maximum Gasteiger partial charge on any atom is 0.124 e. The third kappa shape index (κ3) is 2.99. The maximum absolute atomic E-state index is 13.1. The van der Waals surface area contributed by atoms with Crippen LogP contribution in [0.2, 0.25) is 5.02 Å². The minimum absolute atomic E-state index is 0.114. The van der Waals surface area contributed by atoms with E-state index in [1.165, 1.54) is 12.1 Å². The molecule has 0 bridgehead atoms. The molecular formula is C14H18ClFN4. The predicted molar refractivity (Wildman–Crippen MR) is 77.8 cm³/mol. The van der Waals surface area contributed by atoms with Gasteiger partial charge in [0.25, 0.3) is 0 Å². The lowest BCUT2D eigenvalue weighted by atomic mass is 10.2. The van der Waals surface area contributed by atoms with Crippen molar-refractivity contribution in [3.63, 3.8) is 0 Å². The van der Waals surface area contributed by atoms with Crippen LogP contribution in [0.4, 0.5) is 4.39 Å². The van der Waals surface area contributed by atoms with E-state index < -0.39 is 0 Å². The SMILES string of the molecule is CCCNC(C)c1nnn(-c2ccc(F)cc2Cl)c1C. The summed E-state index contributed by atoms with van der Waals surface area (Å²) in [6.45, 7) is 7.01. The van der Waals surface area contributed by atoms with Crippen LogP contribution in [-0.2, 0) is 0 Å². The monoisotopic (exact) mass is 296 g/mol. The Bertz CT molecular complexity index is 597. The number of nitrogens with one attached hydrogen (secondary N) is 1. The van der Waals surface area contributed by atoms with Crippen molar-refractivity contribution in [3.8, 4) is 5.69 Å². The number of benzene rings is 1. The van der Waals surface area contributed by atoms with Crippen molar-refractivity contribution in [1.29, 1.82) is 0 Å². The van der Waals surface area contributed by atoms with Crippen molar-refractivity contribution >= 4 is 11.6 Å². The summed E-state index contributed by atoms with van der Waals surface area (Å²) < 4.78 is 14.7. The van der Waals surface area contributed by atoms with Crippen LogP contribution in [0.3, 0.4) is 0 Å².